The van der Waals surface area contributed by atoms with Crippen LogP contribution in [0.2, 0.25) is 0 Å². The monoisotopic (exact) mass is 489 g/mol. The molecule has 0 unspecified atom stereocenters. The van der Waals surface area contributed by atoms with Crippen molar-refractivity contribution in [2.45, 2.75) is 37.8 Å². The Morgan fingerprint density at radius 2 is 1.79 bits per heavy atom. The quantitative estimate of drug-likeness (QED) is 0.643. The van der Waals surface area contributed by atoms with E-state index in [0.717, 1.165) is 11.3 Å². The van der Waals surface area contributed by atoms with E-state index in [0.29, 0.717) is 17.9 Å². The minimum atomic E-state index is -3.71. The third-order valence-corrected chi connectivity index (χ3v) is 8.17. The average molecular weight is 490 g/mol. The number of rotatable bonds is 7. The standard InChI is InChI=1S/C25H35N3O5S/c1-17-7-10-21(11-8-17)34(31,32)27(6)15-24-18(2)14-28(19(3)16-29)25(30)22-13-20(26(4)5)9-12-23(22)33-24/h7-13,18-19,24,29H,14-16H2,1-6H3/t18-,19+,24-/m0/s1. The minimum Gasteiger partial charge on any atom is -0.488 e. The number of carbonyl (C=O) groups is 1. The van der Waals surface area contributed by atoms with Crippen molar-refractivity contribution < 1.29 is 23.1 Å². The first-order valence-corrected chi connectivity index (χ1v) is 12.8. The maximum absolute atomic E-state index is 13.4. The molecule has 0 fully saturated rings. The van der Waals surface area contributed by atoms with Gasteiger partial charge < -0.3 is 19.6 Å². The summed E-state index contributed by atoms with van der Waals surface area (Å²) in [4.78, 5) is 17.2. The van der Waals surface area contributed by atoms with Gasteiger partial charge in [-0.15, -0.1) is 0 Å². The van der Waals surface area contributed by atoms with Crippen LogP contribution in [-0.2, 0) is 10.0 Å². The highest BCUT2D eigenvalue weighted by atomic mass is 32.2. The molecule has 0 bridgehead atoms. The lowest BCUT2D eigenvalue weighted by molar-refractivity contribution is 0.0387. The number of aliphatic hydroxyl groups is 1. The Bertz CT molecular complexity index is 1120. The van der Waals surface area contributed by atoms with Crippen LogP contribution in [0.4, 0.5) is 5.69 Å². The topological polar surface area (TPSA) is 90.4 Å². The van der Waals surface area contributed by atoms with Crippen LogP contribution in [0.1, 0.15) is 29.8 Å². The zero-order chi connectivity index (χ0) is 25.2. The van der Waals surface area contributed by atoms with Gasteiger partial charge in [0.2, 0.25) is 10.0 Å². The lowest BCUT2D eigenvalue weighted by Gasteiger charge is -2.38. The van der Waals surface area contributed by atoms with Crippen LogP contribution in [0.15, 0.2) is 47.4 Å². The number of carbonyl (C=O) groups excluding carboxylic acids is 1. The SMILES string of the molecule is Cc1ccc(S(=O)(=O)N(C)C[C@@H]2Oc3ccc(N(C)C)cc3C(=O)N([C@H](C)CO)C[C@@H]2C)cc1. The molecule has 0 saturated carbocycles. The molecule has 1 amide bonds. The summed E-state index contributed by atoms with van der Waals surface area (Å²) in [6.45, 7) is 5.90. The Hall–Kier alpha value is -2.62. The second kappa shape index (κ2) is 10.3. The van der Waals surface area contributed by atoms with Crippen LogP contribution in [0, 0.1) is 12.8 Å². The van der Waals surface area contributed by atoms with Crippen LogP contribution >= 0.6 is 0 Å². The van der Waals surface area contributed by atoms with Crippen molar-refractivity contribution in [1.29, 1.82) is 0 Å². The van der Waals surface area contributed by atoms with Crippen molar-refractivity contribution in [2.75, 3.05) is 45.7 Å². The first-order valence-electron chi connectivity index (χ1n) is 11.4. The van der Waals surface area contributed by atoms with E-state index < -0.39 is 22.2 Å². The average Bonchev–Trinajstić information content (AvgIpc) is 2.80. The lowest BCUT2D eigenvalue weighted by Crippen LogP contribution is -2.50. The summed E-state index contributed by atoms with van der Waals surface area (Å²) in [7, 11) is 1.60. The molecule has 0 saturated heterocycles. The van der Waals surface area contributed by atoms with Crippen molar-refractivity contribution in [3.05, 3.63) is 53.6 Å². The fraction of sp³-hybridized carbons (Fsp3) is 0.480. The Morgan fingerprint density at radius 3 is 2.38 bits per heavy atom. The van der Waals surface area contributed by atoms with Crippen LogP contribution in [0.25, 0.3) is 0 Å². The highest BCUT2D eigenvalue weighted by molar-refractivity contribution is 7.89. The molecule has 3 rings (SSSR count). The van der Waals surface area contributed by atoms with Gasteiger partial charge in [0, 0.05) is 39.3 Å². The van der Waals surface area contributed by atoms with Crippen LogP contribution in [0.3, 0.4) is 0 Å². The Morgan fingerprint density at radius 1 is 1.15 bits per heavy atom. The summed E-state index contributed by atoms with van der Waals surface area (Å²) in [5.74, 6) is 0.00454. The van der Waals surface area contributed by atoms with Crippen molar-refractivity contribution in [2.24, 2.45) is 5.92 Å². The highest BCUT2D eigenvalue weighted by Crippen LogP contribution is 2.31. The third kappa shape index (κ3) is 5.37. The van der Waals surface area contributed by atoms with Crippen molar-refractivity contribution in [3.63, 3.8) is 0 Å². The zero-order valence-electron chi connectivity index (χ0n) is 20.7. The number of fused-ring (bicyclic) bond motifs is 1. The molecule has 1 aliphatic heterocycles. The van der Waals surface area contributed by atoms with E-state index in [1.807, 2.05) is 38.9 Å². The number of anilines is 1. The predicted molar refractivity (Wildman–Crippen MR) is 133 cm³/mol. The first-order chi connectivity index (χ1) is 15.9. The van der Waals surface area contributed by atoms with Crippen molar-refractivity contribution >= 4 is 21.6 Å². The molecule has 186 valence electrons. The van der Waals surface area contributed by atoms with Gasteiger partial charge in [-0.3, -0.25) is 4.79 Å². The number of nitrogens with zero attached hydrogens (tertiary/aromatic N) is 3. The number of ether oxygens (including phenoxy) is 1. The minimum absolute atomic E-state index is 0.113. The molecule has 0 radical (unpaired) electrons. The molecule has 34 heavy (non-hydrogen) atoms. The summed E-state index contributed by atoms with van der Waals surface area (Å²) in [6, 6.07) is 11.7. The second-order valence-corrected chi connectivity index (χ2v) is 11.3. The number of aliphatic hydroxyl groups excluding tert-OH is 1. The van der Waals surface area contributed by atoms with E-state index in [2.05, 4.69) is 0 Å². The number of sulfonamides is 1. The third-order valence-electron chi connectivity index (χ3n) is 6.33. The van der Waals surface area contributed by atoms with Gasteiger partial charge in [-0.25, -0.2) is 8.42 Å². The number of benzene rings is 2. The van der Waals surface area contributed by atoms with Crippen LogP contribution in [0.5, 0.6) is 5.75 Å². The van der Waals surface area contributed by atoms with E-state index in [1.54, 1.807) is 55.3 Å². The van der Waals surface area contributed by atoms with Gasteiger partial charge >= 0.3 is 0 Å². The molecular formula is C25H35N3O5S. The molecular weight excluding hydrogens is 454 g/mol. The van der Waals surface area contributed by atoms with Gasteiger partial charge in [0.1, 0.15) is 11.9 Å². The van der Waals surface area contributed by atoms with Crippen LogP contribution in [-0.4, -0.2) is 81.6 Å². The Balaban J connectivity index is 1.97. The number of likely N-dealkylation sites (N-methyl/N-ethyl adjacent to an activating group) is 1. The Labute approximate surface area is 202 Å². The van der Waals surface area contributed by atoms with Gasteiger partial charge in [0.15, 0.2) is 0 Å². The molecule has 1 heterocycles. The lowest BCUT2D eigenvalue weighted by atomic mass is 9.99. The molecule has 2 aromatic rings. The summed E-state index contributed by atoms with van der Waals surface area (Å²) in [5, 5.41) is 9.79. The molecule has 2 aromatic carbocycles. The summed E-state index contributed by atoms with van der Waals surface area (Å²) in [5.41, 5.74) is 2.22. The van der Waals surface area contributed by atoms with E-state index in [-0.39, 0.29) is 29.9 Å². The smallest absolute Gasteiger partial charge is 0.258 e. The summed E-state index contributed by atoms with van der Waals surface area (Å²) >= 11 is 0. The van der Waals surface area contributed by atoms with Crippen molar-refractivity contribution in [3.8, 4) is 5.75 Å². The normalized spacial score (nSPS) is 19.8. The van der Waals surface area contributed by atoms with Gasteiger partial charge in [-0.2, -0.15) is 4.31 Å². The van der Waals surface area contributed by atoms with E-state index in [4.69, 9.17) is 4.74 Å². The van der Waals surface area contributed by atoms with E-state index in [1.165, 1.54) is 4.31 Å². The van der Waals surface area contributed by atoms with E-state index >= 15 is 0 Å². The maximum Gasteiger partial charge on any atom is 0.258 e. The zero-order valence-corrected chi connectivity index (χ0v) is 21.5. The summed E-state index contributed by atoms with van der Waals surface area (Å²) < 4.78 is 34.0. The molecule has 3 atom stereocenters. The number of hydrogen-bond acceptors (Lipinski definition) is 6. The predicted octanol–water partition coefficient (Wildman–Crippen LogP) is 2.60. The molecule has 8 nitrogen and oxygen atoms in total. The van der Waals surface area contributed by atoms with Gasteiger partial charge in [0.05, 0.1) is 29.7 Å². The highest BCUT2D eigenvalue weighted by Gasteiger charge is 2.35. The molecule has 0 aromatic heterocycles. The van der Waals surface area contributed by atoms with E-state index in [9.17, 15) is 18.3 Å². The van der Waals surface area contributed by atoms with Gasteiger partial charge in [0.25, 0.3) is 5.91 Å². The Kier molecular flexibility index (Phi) is 7.90. The fourth-order valence-electron chi connectivity index (χ4n) is 3.95. The second-order valence-electron chi connectivity index (χ2n) is 9.30. The molecule has 9 heteroatoms. The van der Waals surface area contributed by atoms with Gasteiger partial charge in [-0.1, -0.05) is 24.6 Å². The molecule has 0 aliphatic carbocycles. The maximum atomic E-state index is 13.4. The molecule has 1 aliphatic rings. The largest absolute Gasteiger partial charge is 0.488 e. The molecule has 0 spiro atoms. The number of amides is 1. The number of aryl methyl sites for hydroxylation is 1. The van der Waals surface area contributed by atoms with Crippen LogP contribution < -0.4 is 9.64 Å². The first kappa shape index (κ1) is 26.0. The van der Waals surface area contributed by atoms with Crippen molar-refractivity contribution in [1.82, 2.24) is 9.21 Å². The fourth-order valence-corrected chi connectivity index (χ4v) is 5.13. The van der Waals surface area contributed by atoms with Gasteiger partial charge in [-0.05, 0) is 44.2 Å². The summed E-state index contributed by atoms with van der Waals surface area (Å²) in [6.07, 6.45) is -0.504. The number of hydrogen-bond donors (Lipinski definition) is 1. The molecule has 1 N–H and O–H groups in total.